The maximum absolute atomic E-state index is 11.6. The largest absolute Gasteiger partial charge is 0.461 e. The fourth-order valence-electron chi connectivity index (χ4n) is 1.21. The van der Waals surface area contributed by atoms with Gasteiger partial charge in [0.2, 0.25) is 0 Å². The second-order valence-electron chi connectivity index (χ2n) is 4.70. The Morgan fingerprint density at radius 3 is 2.56 bits per heavy atom. The minimum atomic E-state index is -0.382. The van der Waals surface area contributed by atoms with Crippen molar-refractivity contribution < 1.29 is 9.53 Å². The van der Waals surface area contributed by atoms with E-state index < -0.39 is 0 Å². The van der Waals surface area contributed by atoms with E-state index in [0.29, 0.717) is 18.1 Å². The molecule has 0 radical (unpaired) electrons. The Morgan fingerprint density at radius 1 is 1.44 bits per heavy atom. The maximum Gasteiger partial charge on any atom is 0.357 e. The van der Waals surface area contributed by atoms with Crippen LogP contribution in [-0.2, 0) is 10.2 Å². The van der Waals surface area contributed by atoms with E-state index >= 15 is 0 Å². The molecule has 0 saturated carbocycles. The van der Waals surface area contributed by atoms with E-state index in [1.807, 2.05) is 20.8 Å². The molecular formula is C12H18N2O2. The third kappa shape index (κ3) is 2.78. The number of rotatable bonds is 2. The predicted molar refractivity (Wildman–Crippen MR) is 61.4 cm³/mol. The van der Waals surface area contributed by atoms with Gasteiger partial charge < -0.3 is 4.74 Å². The van der Waals surface area contributed by atoms with Gasteiger partial charge >= 0.3 is 5.97 Å². The van der Waals surface area contributed by atoms with Crippen LogP contribution < -0.4 is 0 Å². The van der Waals surface area contributed by atoms with Gasteiger partial charge in [-0.15, -0.1) is 0 Å². The van der Waals surface area contributed by atoms with Crippen LogP contribution in [0.25, 0.3) is 0 Å². The number of esters is 1. The molecule has 0 N–H and O–H groups in total. The van der Waals surface area contributed by atoms with Crippen molar-refractivity contribution in [2.24, 2.45) is 0 Å². The average Bonchev–Trinajstić information content (AvgIpc) is 2.16. The lowest BCUT2D eigenvalue weighted by Gasteiger charge is -2.17. The molecule has 88 valence electrons. The normalized spacial score (nSPS) is 11.3. The highest BCUT2D eigenvalue weighted by molar-refractivity contribution is 5.88. The Bertz CT molecular complexity index is 394. The molecule has 4 heteroatoms. The van der Waals surface area contributed by atoms with Crippen LogP contribution in [0.1, 0.15) is 49.6 Å². The SMILES string of the molecule is CCOC(=O)c1nc(C(C)(C)C)ncc1C. The van der Waals surface area contributed by atoms with Crippen LogP contribution >= 0.6 is 0 Å². The van der Waals surface area contributed by atoms with Gasteiger partial charge in [0.05, 0.1) is 6.61 Å². The smallest absolute Gasteiger partial charge is 0.357 e. The molecule has 0 aliphatic carbocycles. The first-order chi connectivity index (χ1) is 7.36. The third-order valence-electron chi connectivity index (χ3n) is 2.11. The minimum absolute atomic E-state index is 0.172. The molecule has 0 amide bonds. The van der Waals surface area contributed by atoms with Gasteiger partial charge in [0.25, 0.3) is 0 Å². The lowest BCUT2D eigenvalue weighted by Crippen LogP contribution is -2.20. The lowest BCUT2D eigenvalue weighted by atomic mass is 9.95. The summed E-state index contributed by atoms with van der Waals surface area (Å²) in [4.78, 5) is 20.1. The van der Waals surface area contributed by atoms with E-state index in [2.05, 4.69) is 9.97 Å². The summed E-state index contributed by atoms with van der Waals surface area (Å²) in [5.74, 6) is 0.272. The molecule has 0 aromatic carbocycles. The number of hydrogen-bond donors (Lipinski definition) is 0. The van der Waals surface area contributed by atoms with Crippen molar-refractivity contribution in [3.63, 3.8) is 0 Å². The standard InChI is InChI=1S/C12H18N2O2/c1-6-16-10(15)9-8(2)7-13-11(14-9)12(3,4)5/h7H,6H2,1-5H3. The summed E-state index contributed by atoms with van der Waals surface area (Å²) >= 11 is 0. The van der Waals surface area contributed by atoms with Crippen molar-refractivity contribution in [2.45, 2.75) is 40.0 Å². The van der Waals surface area contributed by atoms with E-state index in [-0.39, 0.29) is 11.4 Å². The number of carbonyl (C=O) groups is 1. The summed E-state index contributed by atoms with van der Waals surface area (Å²) in [6.45, 7) is 9.96. The summed E-state index contributed by atoms with van der Waals surface area (Å²) in [6, 6.07) is 0. The predicted octanol–water partition coefficient (Wildman–Crippen LogP) is 2.26. The molecule has 16 heavy (non-hydrogen) atoms. The van der Waals surface area contributed by atoms with Gasteiger partial charge in [0.1, 0.15) is 5.82 Å². The molecule has 0 bridgehead atoms. The van der Waals surface area contributed by atoms with Gasteiger partial charge in [-0.1, -0.05) is 20.8 Å². The van der Waals surface area contributed by atoms with Crippen LogP contribution in [0.3, 0.4) is 0 Å². The van der Waals surface area contributed by atoms with Gasteiger partial charge in [-0.2, -0.15) is 0 Å². The Balaban J connectivity index is 3.14. The van der Waals surface area contributed by atoms with E-state index in [4.69, 9.17) is 4.74 Å². The van der Waals surface area contributed by atoms with Crippen molar-refractivity contribution >= 4 is 5.97 Å². The van der Waals surface area contributed by atoms with Gasteiger partial charge in [-0.3, -0.25) is 0 Å². The molecule has 0 fully saturated rings. The molecule has 0 aliphatic heterocycles. The second-order valence-corrected chi connectivity index (χ2v) is 4.70. The zero-order valence-corrected chi connectivity index (χ0v) is 10.5. The third-order valence-corrected chi connectivity index (χ3v) is 2.11. The summed E-state index contributed by atoms with van der Waals surface area (Å²) in [7, 11) is 0. The number of ether oxygens (including phenoxy) is 1. The van der Waals surface area contributed by atoms with Gasteiger partial charge in [-0.05, 0) is 13.8 Å². The minimum Gasteiger partial charge on any atom is -0.461 e. The fraction of sp³-hybridized carbons (Fsp3) is 0.583. The van der Waals surface area contributed by atoms with Crippen LogP contribution in [-0.4, -0.2) is 22.5 Å². The fourth-order valence-corrected chi connectivity index (χ4v) is 1.21. The quantitative estimate of drug-likeness (QED) is 0.720. The molecule has 0 unspecified atom stereocenters. The van der Waals surface area contributed by atoms with Crippen molar-refractivity contribution in [2.75, 3.05) is 6.61 Å². The first-order valence-electron chi connectivity index (χ1n) is 5.37. The molecule has 4 nitrogen and oxygen atoms in total. The monoisotopic (exact) mass is 222 g/mol. The zero-order chi connectivity index (χ0) is 12.3. The zero-order valence-electron chi connectivity index (χ0n) is 10.5. The molecule has 0 aliphatic rings. The van der Waals surface area contributed by atoms with Crippen LogP contribution in [0, 0.1) is 6.92 Å². The number of hydrogen-bond acceptors (Lipinski definition) is 4. The second kappa shape index (κ2) is 4.60. The summed E-state index contributed by atoms with van der Waals surface area (Å²) in [6.07, 6.45) is 1.67. The highest BCUT2D eigenvalue weighted by atomic mass is 16.5. The van der Waals surface area contributed by atoms with Crippen molar-refractivity contribution in [1.82, 2.24) is 9.97 Å². The van der Waals surface area contributed by atoms with E-state index in [0.717, 1.165) is 5.56 Å². The van der Waals surface area contributed by atoms with E-state index in [1.165, 1.54) is 0 Å². The molecule has 0 saturated heterocycles. The maximum atomic E-state index is 11.6. The van der Waals surface area contributed by atoms with Crippen LogP contribution in [0.2, 0.25) is 0 Å². The van der Waals surface area contributed by atoms with Crippen LogP contribution in [0.15, 0.2) is 6.20 Å². The van der Waals surface area contributed by atoms with Gasteiger partial charge in [0, 0.05) is 17.2 Å². The number of nitrogens with zero attached hydrogens (tertiary/aromatic N) is 2. The first-order valence-corrected chi connectivity index (χ1v) is 5.37. The first kappa shape index (κ1) is 12.6. The van der Waals surface area contributed by atoms with Crippen molar-refractivity contribution in [1.29, 1.82) is 0 Å². The Hall–Kier alpha value is -1.45. The van der Waals surface area contributed by atoms with Crippen LogP contribution in [0.5, 0.6) is 0 Å². The Morgan fingerprint density at radius 2 is 2.06 bits per heavy atom. The van der Waals surface area contributed by atoms with E-state index in [1.54, 1.807) is 20.0 Å². The molecule has 1 heterocycles. The Labute approximate surface area is 96.1 Å². The summed E-state index contributed by atoms with van der Waals surface area (Å²) in [5.41, 5.74) is 0.933. The lowest BCUT2D eigenvalue weighted by molar-refractivity contribution is 0.0517. The number of aromatic nitrogens is 2. The van der Waals surface area contributed by atoms with Crippen molar-refractivity contribution in [3.8, 4) is 0 Å². The van der Waals surface area contributed by atoms with Crippen molar-refractivity contribution in [3.05, 3.63) is 23.3 Å². The van der Waals surface area contributed by atoms with E-state index in [9.17, 15) is 4.79 Å². The average molecular weight is 222 g/mol. The molecule has 1 aromatic rings. The molecule has 0 spiro atoms. The summed E-state index contributed by atoms with van der Waals surface area (Å²) < 4.78 is 4.95. The molecule has 0 atom stereocenters. The highest BCUT2D eigenvalue weighted by Gasteiger charge is 2.21. The topological polar surface area (TPSA) is 52.1 Å². The van der Waals surface area contributed by atoms with Gasteiger partial charge in [0.15, 0.2) is 5.69 Å². The highest BCUT2D eigenvalue weighted by Crippen LogP contribution is 2.19. The Kier molecular flexibility index (Phi) is 3.62. The molecule has 1 aromatic heterocycles. The summed E-state index contributed by atoms with van der Waals surface area (Å²) in [5, 5.41) is 0. The van der Waals surface area contributed by atoms with Crippen LogP contribution in [0.4, 0.5) is 0 Å². The number of carbonyl (C=O) groups excluding carboxylic acids is 1. The number of aryl methyl sites for hydroxylation is 1. The molecule has 1 rings (SSSR count). The van der Waals surface area contributed by atoms with Gasteiger partial charge in [-0.25, -0.2) is 14.8 Å². The molecular weight excluding hydrogens is 204 g/mol.